The van der Waals surface area contributed by atoms with Crippen LogP contribution in [0, 0.1) is 0 Å². The van der Waals surface area contributed by atoms with Crippen molar-refractivity contribution >= 4 is 11.8 Å². The van der Waals surface area contributed by atoms with Crippen molar-refractivity contribution in [2.75, 3.05) is 32.8 Å². The van der Waals surface area contributed by atoms with Crippen LogP contribution in [-0.4, -0.2) is 37.8 Å². The molecule has 5 heteroatoms. The Morgan fingerprint density at radius 2 is 2.18 bits per heavy atom. The minimum Gasteiger partial charge on any atom is -0.493 e. The number of hydrogen-bond acceptors (Lipinski definition) is 5. The van der Waals surface area contributed by atoms with Gasteiger partial charge in [0.2, 0.25) is 0 Å². The van der Waals surface area contributed by atoms with Gasteiger partial charge < -0.3 is 14.8 Å². The van der Waals surface area contributed by atoms with Gasteiger partial charge in [0.25, 0.3) is 0 Å². The molecular formula is C12H20N2O2S. The number of ether oxygens (including phenoxy) is 2. The lowest BCUT2D eigenvalue weighted by atomic mass is 10.3. The van der Waals surface area contributed by atoms with E-state index in [1.807, 2.05) is 11.8 Å². The Hall–Kier alpha value is -0.940. The normalized spacial score (nSPS) is 10.3. The molecule has 0 bridgehead atoms. The van der Waals surface area contributed by atoms with Crippen molar-refractivity contribution < 1.29 is 9.47 Å². The molecule has 0 radical (unpaired) electrons. The van der Waals surface area contributed by atoms with E-state index in [9.17, 15) is 0 Å². The Morgan fingerprint density at radius 3 is 2.82 bits per heavy atom. The minimum atomic E-state index is 0.703. The lowest BCUT2D eigenvalue weighted by Crippen LogP contribution is -2.17. The molecule has 1 aromatic heterocycles. The molecule has 0 aliphatic heterocycles. The molecule has 1 aromatic rings. The molecule has 0 fully saturated rings. The molecule has 1 N–H and O–H groups in total. The molecule has 0 amide bonds. The highest BCUT2D eigenvalue weighted by molar-refractivity contribution is 7.98. The average Bonchev–Trinajstić information content (AvgIpc) is 2.38. The lowest BCUT2D eigenvalue weighted by molar-refractivity contribution is 0.348. The molecule has 0 aliphatic rings. The van der Waals surface area contributed by atoms with Gasteiger partial charge in [-0.3, -0.25) is 4.98 Å². The predicted octanol–water partition coefficient (Wildman–Crippen LogP) is 1.94. The van der Waals surface area contributed by atoms with E-state index in [0.29, 0.717) is 12.3 Å². The topological polar surface area (TPSA) is 43.4 Å². The highest BCUT2D eigenvalue weighted by atomic mass is 32.2. The van der Waals surface area contributed by atoms with Crippen molar-refractivity contribution in [2.24, 2.45) is 0 Å². The van der Waals surface area contributed by atoms with Crippen LogP contribution in [0.2, 0.25) is 0 Å². The summed E-state index contributed by atoms with van der Waals surface area (Å²) in [5.41, 5.74) is 0.885. The maximum Gasteiger partial charge on any atom is 0.183 e. The molecule has 1 heterocycles. The van der Waals surface area contributed by atoms with Crippen molar-refractivity contribution in [1.29, 1.82) is 0 Å². The standard InChI is InChI=1S/C12H20N2O2S/c1-15-11-5-7-14-10(12(11)16-2)9-13-6-4-8-17-3/h5,7,13H,4,6,8-9H2,1-3H3. The van der Waals surface area contributed by atoms with Crippen LogP contribution in [0.3, 0.4) is 0 Å². The number of nitrogens with one attached hydrogen (secondary N) is 1. The summed E-state index contributed by atoms with van der Waals surface area (Å²) in [6, 6.07) is 1.80. The summed E-state index contributed by atoms with van der Waals surface area (Å²) >= 11 is 1.86. The zero-order valence-corrected chi connectivity index (χ0v) is 11.5. The fourth-order valence-electron chi connectivity index (χ4n) is 1.52. The summed E-state index contributed by atoms with van der Waals surface area (Å²) in [6.07, 6.45) is 5.01. The molecule has 17 heavy (non-hydrogen) atoms. The third-order valence-electron chi connectivity index (χ3n) is 2.36. The van der Waals surface area contributed by atoms with E-state index >= 15 is 0 Å². The third kappa shape index (κ3) is 4.44. The molecule has 0 saturated carbocycles. The highest BCUT2D eigenvalue weighted by Gasteiger charge is 2.09. The zero-order chi connectivity index (χ0) is 12.5. The van der Waals surface area contributed by atoms with Gasteiger partial charge in [-0.05, 0) is 25.0 Å². The van der Waals surface area contributed by atoms with Crippen LogP contribution in [0.15, 0.2) is 12.3 Å². The Balaban J connectivity index is 2.52. The number of hydrogen-bond donors (Lipinski definition) is 1. The number of aromatic nitrogens is 1. The molecular weight excluding hydrogens is 236 g/mol. The summed E-state index contributed by atoms with van der Waals surface area (Å²) in [5.74, 6) is 2.62. The van der Waals surface area contributed by atoms with E-state index in [-0.39, 0.29) is 0 Å². The first-order valence-electron chi connectivity index (χ1n) is 5.59. The summed E-state index contributed by atoms with van der Waals surface area (Å²) < 4.78 is 10.5. The summed E-state index contributed by atoms with van der Waals surface area (Å²) in [5, 5.41) is 3.35. The number of pyridine rings is 1. The van der Waals surface area contributed by atoms with Crippen molar-refractivity contribution in [3.05, 3.63) is 18.0 Å². The van der Waals surface area contributed by atoms with Gasteiger partial charge in [-0.2, -0.15) is 11.8 Å². The second kappa shape index (κ2) is 8.20. The largest absolute Gasteiger partial charge is 0.493 e. The average molecular weight is 256 g/mol. The van der Waals surface area contributed by atoms with Gasteiger partial charge in [-0.1, -0.05) is 0 Å². The summed E-state index contributed by atoms with van der Waals surface area (Å²) in [7, 11) is 3.27. The van der Waals surface area contributed by atoms with Gasteiger partial charge in [0.15, 0.2) is 11.5 Å². The fourth-order valence-corrected chi connectivity index (χ4v) is 1.96. The summed E-state index contributed by atoms with van der Waals surface area (Å²) in [6.45, 7) is 1.69. The lowest BCUT2D eigenvalue weighted by Gasteiger charge is -2.11. The van der Waals surface area contributed by atoms with Crippen LogP contribution in [0.25, 0.3) is 0 Å². The Morgan fingerprint density at radius 1 is 1.35 bits per heavy atom. The zero-order valence-electron chi connectivity index (χ0n) is 10.7. The van der Waals surface area contributed by atoms with Crippen molar-refractivity contribution in [2.45, 2.75) is 13.0 Å². The predicted molar refractivity (Wildman–Crippen MR) is 72.0 cm³/mol. The molecule has 0 saturated heterocycles. The van der Waals surface area contributed by atoms with Crippen LogP contribution in [-0.2, 0) is 6.54 Å². The maximum atomic E-state index is 5.31. The van der Waals surface area contributed by atoms with Gasteiger partial charge in [-0.15, -0.1) is 0 Å². The van der Waals surface area contributed by atoms with Crippen LogP contribution in [0.4, 0.5) is 0 Å². The van der Waals surface area contributed by atoms with E-state index in [0.717, 1.165) is 24.4 Å². The monoisotopic (exact) mass is 256 g/mol. The van der Waals surface area contributed by atoms with E-state index < -0.39 is 0 Å². The van der Waals surface area contributed by atoms with Gasteiger partial charge in [0, 0.05) is 18.8 Å². The number of thioether (sulfide) groups is 1. The Kier molecular flexibility index (Phi) is 6.81. The number of nitrogens with zero attached hydrogens (tertiary/aromatic N) is 1. The fraction of sp³-hybridized carbons (Fsp3) is 0.583. The van der Waals surface area contributed by atoms with Crippen molar-refractivity contribution in [3.63, 3.8) is 0 Å². The van der Waals surface area contributed by atoms with Crippen LogP contribution >= 0.6 is 11.8 Å². The first-order valence-corrected chi connectivity index (χ1v) is 6.98. The van der Waals surface area contributed by atoms with E-state index in [4.69, 9.17) is 9.47 Å². The van der Waals surface area contributed by atoms with Gasteiger partial charge in [-0.25, -0.2) is 0 Å². The molecule has 0 unspecified atom stereocenters. The van der Waals surface area contributed by atoms with Crippen LogP contribution in [0.5, 0.6) is 11.5 Å². The SMILES string of the molecule is COc1ccnc(CNCCCSC)c1OC. The minimum absolute atomic E-state index is 0.703. The quantitative estimate of drug-likeness (QED) is 0.720. The van der Waals surface area contributed by atoms with Gasteiger partial charge in [0.05, 0.1) is 19.9 Å². The van der Waals surface area contributed by atoms with E-state index in [2.05, 4.69) is 16.6 Å². The molecule has 96 valence electrons. The number of rotatable bonds is 8. The maximum absolute atomic E-state index is 5.31. The molecule has 0 aromatic carbocycles. The van der Waals surface area contributed by atoms with Gasteiger partial charge >= 0.3 is 0 Å². The van der Waals surface area contributed by atoms with Crippen molar-refractivity contribution in [1.82, 2.24) is 10.3 Å². The second-order valence-electron chi connectivity index (χ2n) is 3.52. The number of methoxy groups -OCH3 is 2. The second-order valence-corrected chi connectivity index (χ2v) is 4.50. The van der Waals surface area contributed by atoms with Crippen molar-refractivity contribution in [3.8, 4) is 11.5 Å². The third-order valence-corrected chi connectivity index (χ3v) is 3.06. The molecule has 0 spiro atoms. The summed E-state index contributed by atoms with van der Waals surface area (Å²) in [4.78, 5) is 4.30. The molecule has 1 rings (SSSR count). The Bertz CT molecular complexity index is 334. The van der Waals surface area contributed by atoms with Crippen LogP contribution in [0.1, 0.15) is 12.1 Å². The first kappa shape index (κ1) is 14.1. The first-order chi connectivity index (χ1) is 8.33. The van der Waals surface area contributed by atoms with E-state index in [1.54, 1.807) is 26.5 Å². The smallest absolute Gasteiger partial charge is 0.183 e. The van der Waals surface area contributed by atoms with Gasteiger partial charge in [0.1, 0.15) is 0 Å². The van der Waals surface area contributed by atoms with E-state index in [1.165, 1.54) is 5.75 Å². The Labute approximate surface area is 107 Å². The molecule has 4 nitrogen and oxygen atoms in total. The van der Waals surface area contributed by atoms with Crippen LogP contribution < -0.4 is 14.8 Å². The molecule has 0 aliphatic carbocycles. The highest BCUT2D eigenvalue weighted by Crippen LogP contribution is 2.28. The molecule has 0 atom stereocenters.